The first-order valence-corrected chi connectivity index (χ1v) is 9.79. The SMILES string of the molecule is C=CCN1C(=O)N(COC(=O)C(Nc2ccc(C(F)(F)F)cc2Cl)C(C)C)C(=O)C1C. The average Bonchev–Trinajstić information content (AvgIpc) is 2.87. The van der Waals surface area contributed by atoms with Gasteiger partial charge in [-0.1, -0.05) is 31.5 Å². The fraction of sp³-hybridized carbons (Fsp3) is 0.450. The average molecular weight is 462 g/mol. The van der Waals surface area contributed by atoms with Gasteiger partial charge in [-0.05, 0) is 31.0 Å². The van der Waals surface area contributed by atoms with Gasteiger partial charge in [0.05, 0.1) is 16.3 Å². The van der Waals surface area contributed by atoms with Crippen LogP contribution < -0.4 is 5.32 Å². The van der Waals surface area contributed by atoms with Crippen LogP contribution in [-0.2, 0) is 20.5 Å². The Hall–Kier alpha value is -2.75. The molecule has 0 bridgehead atoms. The summed E-state index contributed by atoms with van der Waals surface area (Å²) in [7, 11) is 0. The van der Waals surface area contributed by atoms with E-state index in [1.165, 1.54) is 11.0 Å². The summed E-state index contributed by atoms with van der Waals surface area (Å²) in [5.41, 5.74) is -0.805. The van der Waals surface area contributed by atoms with Crippen molar-refractivity contribution in [1.82, 2.24) is 9.80 Å². The van der Waals surface area contributed by atoms with Crippen LogP contribution in [0.3, 0.4) is 0 Å². The Morgan fingerprint density at radius 3 is 2.52 bits per heavy atom. The van der Waals surface area contributed by atoms with Gasteiger partial charge in [0.1, 0.15) is 12.1 Å². The summed E-state index contributed by atoms with van der Waals surface area (Å²) < 4.78 is 43.6. The highest BCUT2D eigenvalue weighted by Gasteiger charge is 2.42. The third-order valence-electron chi connectivity index (χ3n) is 4.76. The molecule has 0 aromatic heterocycles. The zero-order chi connectivity index (χ0) is 23.5. The largest absolute Gasteiger partial charge is 0.442 e. The van der Waals surface area contributed by atoms with Gasteiger partial charge in [-0.2, -0.15) is 13.2 Å². The molecule has 1 aliphatic heterocycles. The number of carbonyl (C=O) groups is 3. The predicted octanol–water partition coefficient (Wildman–Crippen LogP) is 4.13. The number of nitrogens with one attached hydrogen (secondary N) is 1. The fourth-order valence-electron chi connectivity index (χ4n) is 2.96. The van der Waals surface area contributed by atoms with E-state index in [9.17, 15) is 27.6 Å². The van der Waals surface area contributed by atoms with E-state index in [0.717, 1.165) is 23.1 Å². The van der Waals surface area contributed by atoms with Crippen molar-refractivity contribution < 1.29 is 32.3 Å². The molecule has 2 atom stereocenters. The molecule has 0 spiro atoms. The minimum atomic E-state index is -4.55. The molecule has 2 unspecified atom stereocenters. The molecule has 2 rings (SSSR count). The Kier molecular flexibility index (Phi) is 7.58. The Balaban J connectivity index is 2.09. The van der Waals surface area contributed by atoms with Gasteiger partial charge >= 0.3 is 18.2 Å². The predicted molar refractivity (Wildman–Crippen MR) is 108 cm³/mol. The van der Waals surface area contributed by atoms with Gasteiger partial charge in [-0.15, -0.1) is 6.58 Å². The number of ether oxygens (including phenoxy) is 1. The Bertz CT molecular complexity index is 876. The minimum absolute atomic E-state index is 0.115. The second-order valence-corrected chi connectivity index (χ2v) is 7.72. The normalized spacial score (nSPS) is 17.9. The molecule has 3 amide bonds. The standard InChI is InChI=1S/C20H23ClF3N3O4/c1-5-8-26-12(4)17(28)27(19(26)30)10-31-18(29)16(11(2)3)25-15-7-6-13(9-14(15)21)20(22,23)24/h5-7,9,11-12,16,25H,1,8,10H2,2-4H3. The highest BCUT2D eigenvalue weighted by atomic mass is 35.5. The van der Waals surface area contributed by atoms with Crippen LogP contribution in [0.2, 0.25) is 5.02 Å². The monoisotopic (exact) mass is 461 g/mol. The van der Waals surface area contributed by atoms with Crippen LogP contribution in [0.25, 0.3) is 0 Å². The first kappa shape index (κ1) is 24.5. The number of halogens is 4. The maximum Gasteiger partial charge on any atom is 0.416 e. The summed E-state index contributed by atoms with van der Waals surface area (Å²) in [6.45, 7) is 8.05. The number of hydrogen-bond donors (Lipinski definition) is 1. The minimum Gasteiger partial charge on any atom is -0.442 e. The van der Waals surface area contributed by atoms with E-state index < -0.39 is 48.5 Å². The number of amides is 3. The van der Waals surface area contributed by atoms with Crippen LogP contribution in [0, 0.1) is 5.92 Å². The van der Waals surface area contributed by atoms with Crippen molar-refractivity contribution in [2.24, 2.45) is 5.92 Å². The molecule has 0 aliphatic carbocycles. The van der Waals surface area contributed by atoms with Crippen LogP contribution in [0.1, 0.15) is 26.3 Å². The lowest BCUT2D eigenvalue weighted by Crippen LogP contribution is -2.41. The van der Waals surface area contributed by atoms with Crippen molar-refractivity contribution in [1.29, 1.82) is 0 Å². The smallest absolute Gasteiger partial charge is 0.416 e. The van der Waals surface area contributed by atoms with Crippen molar-refractivity contribution >= 4 is 35.2 Å². The molecule has 1 aliphatic rings. The third kappa shape index (κ3) is 5.49. The van der Waals surface area contributed by atoms with Gasteiger partial charge in [0.15, 0.2) is 6.73 Å². The van der Waals surface area contributed by atoms with Crippen molar-refractivity contribution in [2.45, 2.75) is 39.0 Å². The van der Waals surface area contributed by atoms with E-state index in [4.69, 9.17) is 16.3 Å². The van der Waals surface area contributed by atoms with E-state index >= 15 is 0 Å². The highest BCUT2D eigenvalue weighted by molar-refractivity contribution is 6.33. The second kappa shape index (κ2) is 9.59. The number of anilines is 1. The van der Waals surface area contributed by atoms with Crippen LogP contribution in [0.15, 0.2) is 30.9 Å². The first-order valence-electron chi connectivity index (χ1n) is 9.41. The number of nitrogens with zero attached hydrogens (tertiary/aromatic N) is 2. The molecule has 1 fully saturated rings. The molecule has 1 heterocycles. The molecule has 11 heteroatoms. The van der Waals surface area contributed by atoms with Crippen LogP contribution >= 0.6 is 11.6 Å². The second-order valence-electron chi connectivity index (χ2n) is 7.32. The van der Waals surface area contributed by atoms with E-state index in [-0.39, 0.29) is 23.2 Å². The number of esters is 1. The number of benzene rings is 1. The molecule has 1 aromatic rings. The van der Waals surface area contributed by atoms with Crippen LogP contribution in [0.4, 0.5) is 23.7 Å². The quantitative estimate of drug-likeness (QED) is 0.358. The van der Waals surface area contributed by atoms with E-state index in [1.807, 2.05) is 0 Å². The Morgan fingerprint density at radius 1 is 1.35 bits per heavy atom. The molecule has 1 aromatic carbocycles. The van der Waals surface area contributed by atoms with Crippen molar-refractivity contribution in [2.75, 3.05) is 18.6 Å². The first-order chi connectivity index (χ1) is 14.4. The van der Waals surface area contributed by atoms with E-state index in [1.54, 1.807) is 20.8 Å². The molecule has 1 N–H and O–H groups in total. The molecule has 0 saturated carbocycles. The summed E-state index contributed by atoms with van der Waals surface area (Å²) in [6.07, 6.45) is -3.08. The third-order valence-corrected chi connectivity index (χ3v) is 5.07. The van der Waals surface area contributed by atoms with Crippen LogP contribution in [-0.4, -0.2) is 53.1 Å². The van der Waals surface area contributed by atoms with Gasteiger partial charge in [-0.3, -0.25) is 4.79 Å². The van der Waals surface area contributed by atoms with Crippen LogP contribution in [0.5, 0.6) is 0 Å². The number of hydrogen-bond acceptors (Lipinski definition) is 5. The topological polar surface area (TPSA) is 79.0 Å². The number of alkyl halides is 3. The van der Waals surface area contributed by atoms with Gasteiger partial charge in [0.25, 0.3) is 5.91 Å². The summed E-state index contributed by atoms with van der Waals surface area (Å²) in [4.78, 5) is 39.3. The van der Waals surface area contributed by atoms with E-state index in [0.29, 0.717) is 0 Å². The summed E-state index contributed by atoms with van der Waals surface area (Å²) in [5.74, 6) is -1.65. The lowest BCUT2D eigenvalue weighted by molar-refractivity contribution is -0.151. The molecule has 170 valence electrons. The van der Waals surface area contributed by atoms with Gasteiger partial charge < -0.3 is 15.0 Å². The van der Waals surface area contributed by atoms with Gasteiger partial charge in [0, 0.05) is 6.54 Å². The molecule has 7 nitrogen and oxygen atoms in total. The summed E-state index contributed by atoms with van der Waals surface area (Å²) >= 11 is 5.94. The zero-order valence-corrected chi connectivity index (χ0v) is 18.0. The summed E-state index contributed by atoms with van der Waals surface area (Å²) in [5, 5.41) is 2.56. The molecule has 1 saturated heterocycles. The number of urea groups is 1. The van der Waals surface area contributed by atoms with Crippen molar-refractivity contribution in [3.63, 3.8) is 0 Å². The van der Waals surface area contributed by atoms with Crippen molar-refractivity contribution in [3.8, 4) is 0 Å². The number of carbonyl (C=O) groups excluding carboxylic acids is 3. The lowest BCUT2D eigenvalue weighted by Gasteiger charge is -2.24. The molecular weight excluding hydrogens is 439 g/mol. The number of imide groups is 1. The van der Waals surface area contributed by atoms with Gasteiger partial charge in [-0.25, -0.2) is 14.5 Å². The fourth-order valence-corrected chi connectivity index (χ4v) is 3.19. The maximum absolute atomic E-state index is 12.8. The molecular formula is C20H23ClF3N3O4. The lowest BCUT2D eigenvalue weighted by atomic mass is 10.0. The van der Waals surface area contributed by atoms with Gasteiger partial charge in [0.2, 0.25) is 0 Å². The summed E-state index contributed by atoms with van der Waals surface area (Å²) in [6, 6.07) is 0.413. The van der Waals surface area contributed by atoms with Crippen molar-refractivity contribution in [3.05, 3.63) is 41.4 Å². The maximum atomic E-state index is 12.8. The Labute approximate surface area is 182 Å². The highest BCUT2D eigenvalue weighted by Crippen LogP contribution is 2.34. The molecule has 0 radical (unpaired) electrons. The number of rotatable bonds is 8. The Morgan fingerprint density at radius 2 is 2.00 bits per heavy atom. The molecule has 31 heavy (non-hydrogen) atoms. The zero-order valence-electron chi connectivity index (χ0n) is 17.2. The van der Waals surface area contributed by atoms with E-state index in [2.05, 4.69) is 11.9 Å².